The third-order valence-electron chi connectivity index (χ3n) is 4.55. The van der Waals surface area contributed by atoms with Crippen molar-refractivity contribution in [2.75, 3.05) is 6.54 Å². The van der Waals surface area contributed by atoms with Gasteiger partial charge >= 0.3 is 5.97 Å². The summed E-state index contributed by atoms with van der Waals surface area (Å²) in [6, 6.07) is 8.89. The second-order valence-corrected chi connectivity index (χ2v) is 8.48. The predicted octanol–water partition coefficient (Wildman–Crippen LogP) is 4.14. The van der Waals surface area contributed by atoms with Crippen LogP contribution in [0.15, 0.2) is 24.3 Å². The van der Waals surface area contributed by atoms with Crippen LogP contribution >= 0.6 is 0 Å². The van der Waals surface area contributed by atoms with Crippen molar-refractivity contribution in [2.24, 2.45) is 11.3 Å². The molecule has 122 valence electrons. The molecule has 1 heterocycles. The highest BCUT2D eigenvalue weighted by molar-refractivity contribution is 5.70. The van der Waals surface area contributed by atoms with Crippen LogP contribution in [0.25, 0.3) is 0 Å². The van der Waals surface area contributed by atoms with Gasteiger partial charge in [0.25, 0.3) is 0 Å². The Morgan fingerprint density at radius 1 is 1.18 bits per heavy atom. The van der Waals surface area contributed by atoms with Crippen LogP contribution in [0, 0.1) is 11.3 Å². The number of carboxylic acids is 1. The van der Waals surface area contributed by atoms with Crippen molar-refractivity contribution in [3.8, 4) is 0 Å². The molecule has 3 heteroatoms. The van der Waals surface area contributed by atoms with E-state index >= 15 is 0 Å². The first-order valence-corrected chi connectivity index (χ1v) is 8.15. The van der Waals surface area contributed by atoms with E-state index in [0.717, 1.165) is 6.42 Å². The van der Waals surface area contributed by atoms with Gasteiger partial charge in [-0.25, -0.2) is 0 Å². The third kappa shape index (κ3) is 4.10. The molecule has 2 unspecified atom stereocenters. The van der Waals surface area contributed by atoms with Gasteiger partial charge in [-0.1, -0.05) is 58.9 Å². The van der Waals surface area contributed by atoms with Gasteiger partial charge in [0.05, 0.1) is 5.92 Å². The van der Waals surface area contributed by atoms with Gasteiger partial charge < -0.3 is 10.4 Å². The molecule has 3 nitrogen and oxygen atoms in total. The Morgan fingerprint density at radius 2 is 1.77 bits per heavy atom. The maximum Gasteiger partial charge on any atom is 0.307 e. The van der Waals surface area contributed by atoms with E-state index in [1.165, 1.54) is 11.1 Å². The van der Waals surface area contributed by atoms with Crippen LogP contribution in [0.5, 0.6) is 0 Å². The first kappa shape index (κ1) is 17.0. The van der Waals surface area contributed by atoms with Crippen molar-refractivity contribution >= 4 is 5.97 Å². The monoisotopic (exact) mass is 303 g/mol. The molecular weight excluding hydrogens is 274 g/mol. The molecule has 1 aliphatic rings. The van der Waals surface area contributed by atoms with Gasteiger partial charge in [-0.3, -0.25) is 4.79 Å². The zero-order chi connectivity index (χ0) is 16.5. The molecule has 2 rings (SSSR count). The average molecular weight is 303 g/mol. The minimum absolute atomic E-state index is 0.142. The van der Waals surface area contributed by atoms with Gasteiger partial charge in [0.1, 0.15) is 0 Å². The molecule has 0 spiro atoms. The first-order valence-electron chi connectivity index (χ1n) is 8.15. The number of hydrogen-bond donors (Lipinski definition) is 2. The maximum atomic E-state index is 11.1. The van der Waals surface area contributed by atoms with Crippen LogP contribution in [0.3, 0.4) is 0 Å². The third-order valence-corrected chi connectivity index (χ3v) is 4.55. The summed E-state index contributed by atoms with van der Waals surface area (Å²) in [5.74, 6) is -0.958. The Balaban J connectivity index is 2.09. The van der Waals surface area contributed by atoms with Crippen LogP contribution in [0.2, 0.25) is 0 Å². The molecule has 0 bridgehead atoms. The van der Waals surface area contributed by atoms with Crippen molar-refractivity contribution in [1.29, 1.82) is 0 Å². The fourth-order valence-corrected chi connectivity index (χ4v) is 3.77. The van der Waals surface area contributed by atoms with Gasteiger partial charge in [0, 0.05) is 12.6 Å². The Morgan fingerprint density at radius 3 is 2.23 bits per heavy atom. The standard InChI is InChI=1S/C19H29NO2/c1-18(2,3)12-19(4,5)15-8-6-13(7-9-15)16-10-14(11-20-16)17(21)22/h6-9,14,16,20H,10-12H2,1-5H3,(H,21,22). The minimum Gasteiger partial charge on any atom is -0.481 e. The van der Waals surface area contributed by atoms with E-state index < -0.39 is 5.97 Å². The van der Waals surface area contributed by atoms with E-state index in [9.17, 15) is 4.79 Å². The maximum absolute atomic E-state index is 11.1. The Hall–Kier alpha value is -1.35. The van der Waals surface area contributed by atoms with E-state index in [1.54, 1.807) is 0 Å². The van der Waals surface area contributed by atoms with E-state index in [1.807, 2.05) is 0 Å². The lowest BCUT2D eigenvalue weighted by molar-refractivity contribution is -0.141. The predicted molar refractivity (Wildman–Crippen MR) is 90.0 cm³/mol. The van der Waals surface area contributed by atoms with Crippen LogP contribution in [0.4, 0.5) is 0 Å². The largest absolute Gasteiger partial charge is 0.481 e. The fraction of sp³-hybridized carbons (Fsp3) is 0.632. The molecule has 2 atom stereocenters. The van der Waals surface area contributed by atoms with Crippen molar-refractivity contribution in [1.82, 2.24) is 5.32 Å². The Kier molecular flexibility index (Phi) is 4.67. The summed E-state index contributed by atoms with van der Waals surface area (Å²) in [4.78, 5) is 11.1. The topological polar surface area (TPSA) is 49.3 Å². The van der Waals surface area contributed by atoms with Crippen molar-refractivity contribution < 1.29 is 9.90 Å². The highest BCUT2D eigenvalue weighted by Crippen LogP contribution is 2.37. The smallest absolute Gasteiger partial charge is 0.307 e. The van der Waals surface area contributed by atoms with Gasteiger partial charge in [0.2, 0.25) is 0 Å². The van der Waals surface area contributed by atoms with Crippen LogP contribution < -0.4 is 5.32 Å². The lowest BCUT2D eigenvalue weighted by atomic mass is 9.72. The molecule has 1 aliphatic heterocycles. The summed E-state index contributed by atoms with van der Waals surface area (Å²) in [5, 5.41) is 12.4. The van der Waals surface area contributed by atoms with Crippen LogP contribution in [0.1, 0.15) is 64.6 Å². The van der Waals surface area contributed by atoms with Crippen molar-refractivity contribution in [2.45, 2.75) is 58.9 Å². The second-order valence-electron chi connectivity index (χ2n) is 8.48. The zero-order valence-corrected chi connectivity index (χ0v) is 14.4. The summed E-state index contributed by atoms with van der Waals surface area (Å²) in [5.41, 5.74) is 2.98. The summed E-state index contributed by atoms with van der Waals surface area (Å²) in [7, 11) is 0. The van der Waals surface area contributed by atoms with E-state index in [-0.39, 0.29) is 17.4 Å². The molecule has 1 aromatic rings. The van der Waals surface area contributed by atoms with Crippen molar-refractivity contribution in [3.63, 3.8) is 0 Å². The lowest BCUT2D eigenvalue weighted by Gasteiger charge is -2.33. The number of carboxylic acid groups (broad SMARTS) is 1. The molecule has 2 N–H and O–H groups in total. The van der Waals surface area contributed by atoms with Gasteiger partial charge in [-0.05, 0) is 34.8 Å². The van der Waals surface area contributed by atoms with E-state index in [0.29, 0.717) is 18.4 Å². The molecule has 0 amide bonds. The Bertz CT molecular complexity index is 525. The SMILES string of the molecule is CC(C)(C)CC(C)(C)c1ccc(C2CC(C(=O)O)CN2)cc1. The summed E-state index contributed by atoms with van der Waals surface area (Å²) in [6.07, 6.45) is 1.81. The number of nitrogens with one attached hydrogen (secondary N) is 1. The molecule has 0 aliphatic carbocycles. The van der Waals surface area contributed by atoms with Gasteiger partial charge in [-0.15, -0.1) is 0 Å². The molecule has 0 aromatic heterocycles. The highest BCUT2D eigenvalue weighted by atomic mass is 16.4. The number of benzene rings is 1. The zero-order valence-electron chi connectivity index (χ0n) is 14.4. The fourth-order valence-electron chi connectivity index (χ4n) is 3.77. The molecule has 1 fully saturated rings. The molecule has 22 heavy (non-hydrogen) atoms. The molecule has 1 saturated heterocycles. The second kappa shape index (κ2) is 6.04. The normalized spacial score (nSPS) is 22.8. The molecule has 1 aromatic carbocycles. The highest BCUT2D eigenvalue weighted by Gasteiger charge is 2.31. The number of hydrogen-bond acceptors (Lipinski definition) is 2. The Labute approximate surface area is 134 Å². The quantitative estimate of drug-likeness (QED) is 0.879. The van der Waals surface area contributed by atoms with Gasteiger partial charge in [-0.2, -0.15) is 0 Å². The molecule has 0 saturated carbocycles. The number of rotatable bonds is 4. The number of carbonyl (C=O) groups is 1. The van der Waals surface area contributed by atoms with Gasteiger partial charge in [0.15, 0.2) is 0 Å². The molecular formula is C19H29NO2. The summed E-state index contributed by atoms with van der Waals surface area (Å²) < 4.78 is 0. The van der Waals surface area contributed by atoms with E-state index in [4.69, 9.17) is 5.11 Å². The van der Waals surface area contributed by atoms with E-state index in [2.05, 4.69) is 64.2 Å². The lowest BCUT2D eigenvalue weighted by Crippen LogP contribution is -2.25. The molecule has 0 radical (unpaired) electrons. The summed E-state index contributed by atoms with van der Waals surface area (Å²) in [6.45, 7) is 12.0. The van der Waals surface area contributed by atoms with Crippen LogP contribution in [-0.2, 0) is 10.2 Å². The number of aliphatic carboxylic acids is 1. The van der Waals surface area contributed by atoms with Crippen LogP contribution in [-0.4, -0.2) is 17.6 Å². The van der Waals surface area contributed by atoms with Crippen molar-refractivity contribution in [3.05, 3.63) is 35.4 Å². The first-order chi connectivity index (χ1) is 10.1. The average Bonchev–Trinajstić information content (AvgIpc) is 2.85. The summed E-state index contributed by atoms with van der Waals surface area (Å²) >= 11 is 0. The minimum atomic E-state index is -0.696.